The van der Waals surface area contributed by atoms with Crippen LogP contribution in [-0.4, -0.2) is 10.5 Å². The van der Waals surface area contributed by atoms with E-state index in [0.29, 0.717) is 12.1 Å². The third-order valence-electron chi connectivity index (χ3n) is 5.19. The van der Waals surface area contributed by atoms with Gasteiger partial charge in [-0.25, -0.2) is 0 Å². The second-order valence-electron chi connectivity index (χ2n) is 7.09. The van der Waals surface area contributed by atoms with E-state index < -0.39 is 0 Å². The molecule has 2 heterocycles. The summed E-state index contributed by atoms with van der Waals surface area (Å²) in [7, 11) is 0. The highest BCUT2D eigenvalue weighted by Crippen LogP contribution is 2.31. The van der Waals surface area contributed by atoms with Crippen molar-refractivity contribution in [3.05, 3.63) is 114 Å². The standard InChI is InChI=1S/C25H20N2OS/c28-25(19-12-14-23(15-13-19)29-22-9-2-1-3-10-22)27-18-21-8-6-16-26(21)17-20-7-4-5-11-24(20)27/h1-16H,17-18H2. The zero-order valence-electron chi connectivity index (χ0n) is 15.9. The molecule has 3 nitrogen and oxygen atoms in total. The zero-order chi connectivity index (χ0) is 19.6. The van der Waals surface area contributed by atoms with E-state index in [0.717, 1.165) is 28.4 Å². The van der Waals surface area contributed by atoms with Crippen molar-refractivity contribution in [3.63, 3.8) is 0 Å². The van der Waals surface area contributed by atoms with Gasteiger partial charge in [-0.1, -0.05) is 48.2 Å². The average molecular weight is 397 g/mol. The third-order valence-corrected chi connectivity index (χ3v) is 6.21. The van der Waals surface area contributed by atoms with Crippen LogP contribution in [0.2, 0.25) is 0 Å². The minimum Gasteiger partial charge on any atom is -0.345 e. The van der Waals surface area contributed by atoms with Crippen LogP contribution in [0.25, 0.3) is 0 Å². The van der Waals surface area contributed by atoms with Crippen molar-refractivity contribution in [2.24, 2.45) is 0 Å². The number of nitrogens with zero attached hydrogens (tertiary/aromatic N) is 2. The Labute approximate surface area is 174 Å². The number of anilines is 1. The van der Waals surface area contributed by atoms with Gasteiger partial charge in [0.15, 0.2) is 0 Å². The molecule has 0 radical (unpaired) electrons. The number of rotatable bonds is 3. The number of aromatic nitrogens is 1. The molecular formula is C25H20N2OS. The molecule has 0 fully saturated rings. The molecule has 4 aromatic rings. The highest BCUT2D eigenvalue weighted by Gasteiger charge is 2.24. The van der Waals surface area contributed by atoms with E-state index in [1.54, 1.807) is 11.8 Å². The molecule has 29 heavy (non-hydrogen) atoms. The third kappa shape index (κ3) is 3.59. The molecule has 0 unspecified atom stereocenters. The predicted octanol–water partition coefficient (Wildman–Crippen LogP) is 5.85. The number of fused-ring (bicyclic) bond motifs is 2. The van der Waals surface area contributed by atoms with Gasteiger partial charge in [0.05, 0.1) is 6.54 Å². The first kappa shape index (κ1) is 17.8. The van der Waals surface area contributed by atoms with Gasteiger partial charge in [0.2, 0.25) is 0 Å². The number of amides is 1. The first-order valence-corrected chi connectivity index (χ1v) is 10.5. The summed E-state index contributed by atoms with van der Waals surface area (Å²) in [5.41, 5.74) is 4.00. The van der Waals surface area contributed by atoms with Crippen LogP contribution in [0.3, 0.4) is 0 Å². The Morgan fingerprint density at radius 2 is 1.45 bits per heavy atom. The Hall–Kier alpha value is -3.24. The van der Waals surface area contributed by atoms with Crippen LogP contribution >= 0.6 is 11.8 Å². The summed E-state index contributed by atoms with van der Waals surface area (Å²) in [5, 5.41) is 0. The SMILES string of the molecule is O=C(c1ccc(Sc2ccccc2)cc1)N1Cc2cccn2Cc2ccccc21. The van der Waals surface area contributed by atoms with E-state index >= 15 is 0 Å². The van der Waals surface area contributed by atoms with Crippen molar-refractivity contribution in [1.82, 2.24) is 4.57 Å². The molecular weight excluding hydrogens is 376 g/mol. The summed E-state index contributed by atoms with van der Waals surface area (Å²) >= 11 is 1.70. The van der Waals surface area contributed by atoms with Crippen LogP contribution in [0.15, 0.2) is 107 Å². The van der Waals surface area contributed by atoms with Crippen LogP contribution in [0, 0.1) is 0 Å². The molecule has 1 aliphatic rings. The Bertz CT molecular complexity index is 1150. The van der Waals surface area contributed by atoms with Crippen molar-refractivity contribution < 1.29 is 4.79 Å². The summed E-state index contributed by atoms with van der Waals surface area (Å²) in [6, 6.07) is 30.5. The molecule has 0 N–H and O–H groups in total. The van der Waals surface area contributed by atoms with Crippen LogP contribution in [0.5, 0.6) is 0 Å². The smallest absolute Gasteiger partial charge is 0.258 e. The van der Waals surface area contributed by atoms with E-state index in [1.807, 2.05) is 71.6 Å². The molecule has 0 spiro atoms. The van der Waals surface area contributed by atoms with Crippen LogP contribution in [0.4, 0.5) is 5.69 Å². The molecule has 4 heteroatoms. The fourth-order valence-electron chi connectivity index (χ4n) is 3.71. The predicted molar refractivity (Wildman–Crippen MR) is 117 cm³/mol. The van der Waals surface area contributed by atoms with E-state index in [2.05, 4.69) is 35.0 Å². The van der Waals surface area contributed by atoms with Gasteiger partial charge >= 0.3 is 0 Å². The van der Waals surface area contributed by atoms with Gasteiger partial charge < -0.3 is 9.47 Å². The van der Waals surface area contributed by atoms with Crippen LogP contribution in [0.1, 0.15) is 21.6 Å². The molecule has 0 bridgehead atoms. The summed E-state index contributed by atoms with van der Waals surface area (Å²) in [6.45, 7) is 1.36. The lowest BCUT2D eigenvalue weighted by Gasteiger charge is -2.23. The molecule has 0 saturated heterocycles. The lowest BCUT2D eigenvalue weighted by atomic mass is 10.1. The Balaban J connectivity index is 1.44. The van der Waals surface area contributed by atoms with Gasteiger partial charge in [-0.2, -0.15) is 0 Å². The maximum atomic E-state index is 13.4. The minimum atomic E-state index is 0.0309. The lowest BCUT2D eigenvalue weighted by Crippen LogP contribution is -2.30. The normalized spacial score (nSPS) is 12.8. The number of benzene rings is 3. The van der Waals surface area contributed by atoms with E-state index in [4.69, 9.17) is 0 Å². The molecule has 3 aromatic carbocycles. The second kappa shape index (κ2) is 7.64. The maximum absolute atomic E-state index is 13.4. The highest BCUT2D eigenvalue weighted by atomic mass is 32.2. The molecule has 142 valence electrons. The van der Waals surface area contributed by atoms with Crippen molar-refractivity contribution >= 4 is 23.4 Å². The van der Waals surface area contributed by atoms with Gasteiger partial charge in [0.1, 0.15) is 0 Å². The summed E-state index contributed by atoms with van der Waals surface area (Å²) < 4.78 is 2.21. The number of para-hydroxylation sites is 1. The number of carbonyl (C=O) groups excluding carboxylic acids is 1. The molecule has 0 saturated carbocycles. The van der Waals surface area contributed by atoms with Gasteiger partial charge in [-0.05, 0) is 60.2 Å². The van der Waals surface area contributed by atoms with Gasteiger partial charge in [-0.3, -0.25) is 4.79 Å². The fraction of sp³-hybridized carbons (Fsp3) is 0.0800. The molecule has 1 amide bonds. The van der Waals surface area contributed by atoms with E-state index in [-0.39, 0.29) is 5.91 Å². The second-order valence-corrected chi connectivity index (χ2v) is 8.23. The number of hydrogen-bond donors (Lipinski definition) is 0. The zero-order valence-corrected chi connectivity index (χ0v) is 16.7. The summed E-state index contributed by atoms with van der Waals surface area (Å²) in [4.78, 5) is 17.6. The van der Waals surface area contributed by atoms with Crippen LogP contribution < -0.4 is 4.90 Å². The Kier molecular flexibility index (Phi) is 4.70. The van der Waals surface area contributed by atoms with Gasteiger partial charge in [0, 0.05) is 39.5 Å². The van der Waals surface area contributed by atoms with E-state index in [1.165, 1.54) is 4.90 Å². The van der Waals surface area contributed by atoms with Crippen molar-refractivity contribution in [2.45, 2.75) is 22.9 Å². The Morgan fingerprint density at radius 3 is 2.28 bits per heavy atom. The fourth-order valence-corrected chi connectivity index (χ4v) is 4.55. The Morgan fingerprint density at radius 1 is 0.724 bits per heavy atom. The number of carbonyl (C=O) groups is 1. The van der Waals surface area contributed by atoms with Gasteiger partial charge in [-0.15, -0.1) is 0 Å². The van der Waals surface area contributed by atoms with E-state index in [9.17, 15) is 4.79 Å². The van der Waals surface area contributed by atoms with Crippen molar-refractivity contribution in [3.8, 4) is 0 Å². The monoisotopic (exact) mass is 396 g/mol. The largest absolute Gasteiger partial charge is 0.345 e. The quantitative estimate of drug-likeness (QED) is 0.434. The molecule has 1 aliphatic heterocycles. The minimum absolute atomic E-state index is 0.0309. The van der Waals surface area contributed by atoms with Crippen molar-refractivity contribution in [1.29, 1.82) is 0 Å². The first-order chi connectivity index (χ1) is 14.3. The number of hydrogen-bond acceptors (Lipinski definition) is 2. The molecule has 0 atom stereocenters. The topological polar surface area (TPSA) is 25.2 Å². The average Bonchev–Trinajstić information content (AvgIpc) is 3.13. The molecule has 5 rings (SSSR count). The summed E-state index contributed by atoms with van der Waals surface area (Å²) in [6.07, 6.45) is 2.08. The van der Waals surface area contributed by atoms with Crippen molar-refractivity contribution in [2.75, 3.05) is 4.90 Å². The summed E-state index contributed by atoms with van der Waals surface area (Å²) in [5.74, 6) is 0.0309. The van der Waals surface area contributed by atoms with Gasteiger partial charge in [0.25, 0.3) is 5.91 Å². The van der Waals surface area contributed by atoms with Crippen LogP contribution in [-0.2, 0) is 13.1 Å². The molecule has 1 aromatic heterocycles. The first-order valence-electron chi connectivity index (χ1n) is 9.65. The molecule has 0 aliphatic carbocycles. The lowest BCUT2D eigenvalue weighted by molar-refractivity contribution is 0.0985. The maximum Gasteiger partial charge on any atom is 0.258 e. The highest BCUT2D eigenvalue weighted by molar-refractivity contribution is 7.99.